The van der Waals surface area contributed by atoms with E-state index >= 15 is 0 Å². The zero-order valence-electron chi connectivity index (χ0n) is 10.7. The lowest BCUT2D eigenvalue weighted by Crippen LogP contribution is -2.18. The van der Waals surface area contributed by atoms with E-state index in [1.807, 2.05) is 31.1 Å². The largest absolute Gasteiger partial charge is 0.305 e. The first kappa shape index (κ1) is 12.3. The second kappa shape index (κ2) is 4.98. The highest BCUT2D eigenvalue weighted by Crippen LogP contribution is 2.18. The van der Waals surface area contributed by atoms with Crippen molar-refractivity contribution in [2.75, 3.05) is 0 Å². The zero-order chi connectivity index (χ0) is 12.4. The topological polar surface area (TPSA) is 42.7 Å². The van der Waals surface area contributed by atoms with Crippen LogP contribution in [-0.2, 0) is 13.6 Å². The first-order chi connectivity index (χ1) is 8.08. The van der Waals surface area contributed by atoms with Gasteiger partial charge < -0.3 is 5.32 Å². The molecule has 17 heavy (non-hydrogen) atoms. The summed E-state index contributed by atoms with van der Waals surface area (Å²) in [6.07, 6.45) is 2.08. The Morgan fingerprint density at radius 1 is 1.41 bits per heavy atom. The summed E-state index contributed by atoms with van der Waals surface area (Å²) >= 11 is 1.70. The van der Waals surface area contributed by atoms with E-state index in [9.17, 15) is 0 Å². The molecule has 0 saturated carbocycles. The lowest BCUT2D eigenvalue weighted by Gasteiger charge is -2.12. The van der Waals surface area contributed by atoms with Crippen molar-refractivity contribution < 1.29 is 0 Å². The number of rotatable bonds is 4. The zero-order valence-corrected chi connectivity index (χ0v) is 11.5. The molecule has 1 unspecified atom stereocenters. The molecule has 0 aliphatic carbocycles. The van der Waals surface area contributed by atoms with Gasteiger partial charge in [0.2, 0.25) is 0 Å². The van der Waals surface area contributed by atoms with Gasteiger partial charge in [-0.3, -0.25) is 4.68 Å². The first-order valence-corrected chi connectivity index (χ1v) is 6.58. The summed E-state index contributed by atoms with van der Waals surface area (Å²) in [5.41, 5.74) is 5.37. The minimum Gasteiger partial charge on any atom is -0.305 e. The second-order valence-corrected chi connectivity index (χ2v) is 5.25. The maximum Gasteiger partial charge on any atom is 0.0798 e. The van der Waals surface area contributed by atoms with Crippen LogP contribution in [0.5, 0.6) is 0 Å². The van der Waals surface area contributed by atoms with Crippen LogP contribution in [0.15, 0.2) is 11.7 Å². The molecular formula is C12H18N4S. The average molecular weight is 250 g/mol. The molecule has 0 aromatic carbocycles. The van der Waals surface area contributed by atoms with Gasteiger partial charge in [0.05, 0.1) is 16.9 Å². The van der Waals surface area contributed by atoms with Crippen molar-refractivity contribution in [3.8, 4) is 0 Å². The lowest BCUT2D eigenvalue weighted by atomic mass is 10.1. The molecule has 0 radical (unpaired) electrons. The van der Waals surface area contributed by atoms with Crippen LogP contribution in [0.2, 0.25) is 0 Å². The van der Waals surface area contributed by atoms with E-state index < -0.39 is 0 Å². The van der Waals surface area contributed by atoms with Crippen LogP contribution in [0, 0.1) is 13.8 Å². The van der Waals surface area contributed by atoms with Crippen molar-refractivity contribution in [2.24, 2.45) is 7.05 Å². The lowest BCUT2D eigenvalue weighted by molar-refractivity contribution is 0.574. The Bertz CT molecular complexity index is 500. The van der Waals surface area contributed by atoms with Crippen molar-refractivity contribution in [2.45, 2.75) is 33.4 Å². The normalized spacial score (nSPS) is 12.9. The molecular weight excluding hydrogens is 232 g/mol. The number of nitrogens with zero attached hydrogens (tertiary/aromatic N) is 3. The van der Waals surface area contributed by atoms with E-state index in [1.54, 1.807) is 11.3 Å². The standard InChI is InChI=1S/C12H18N4S/c1-8(11-6-16(4)15-9(11)2)13-5-12-10(3)14-7-17-12/h6-8,13H,5H2,1-4H3. The summed E-state index contributed by atoms with van der Waals surface area (Å²) < 4.78 is 1.86. The summed E-state index contributed by atoms with van der Waals surface area (Å²) in [5.74, 6) is 0. The summed E-state index contributed by atoms with van der Waals surface area (Å²) in [5, 5.41) is 7.87. The monoisotopic (exact) mass is 250 g/mol. The summed E-state index contributed by atoms with van der Waals surface area (Å²) in [6.45, 7) is 7.13. The van der Waals surface area contributed by atoms with Gasteiger partial charge >= 0.3 is 0 Å². The smallest absolute Gasteiger partial charge is 0.0798 e. The Hall–Kier alpha value is -1.20. The van der Waals surface area contributed by atoms with Gasteiger partial charge in [-0.2, -0.15) is 5.10 Å². The van der Waals surface area contributed by atoms with Gasteiger partial charge in [-0.1, -0.05) is 0 Å². The quantitative estimate of drug-likeness (QED) is 0.905. The third-order valence-corrected chi connectivity index (χ3v) is 3.87. The highest BCUT2D eigenvalue weighted by Gasteiger charge is 2.12. The molecule has 4 nitrogen and oxygen atoms in total. The van der Waals surface area contributed by atoms with Crippen molar-refractivity contribution in [3.05, 3.63) is 33.5 Å². The maximum absolute atomic E-state index is 4.36. The second-order valence-electron chi connectivity index (χ2n) is 4.31. The number of hydrogen-bond donors (Lipinski definition) is 1. The number of nitrogens with one attached hydrogen (secondary N) is 1. The van der Waals surface area contributed by atoms with E-state index in [0.717, 1.165) is 17.9 Å². The predicted molar refractivity (Wildman–Crippen MR) is 70.1 cm³/mol. The fourth-order valence-corrected chi connectivity index (χ4v) is 2.62. The predicted octanol–water partition coefficient (Wildman–Crippen LogP) is 2.34. The number of hydrogen-bond acceptors (Lipinski definition) is 4. The van der Waals surface area contributed by atoms with Crippen LogP contribution in [-0.4, -0.2) is 14.8 Å². The molecule has 2 aromatic rings. The highest BCUT2D eigenvalue weighted by molar-refractivity contribution is 7.09. The van der Waals surface area contributed by atoms with E-state index in [4.69, 9.17) is 0 Å². The van der Waals surface area contributed by atoms with Crippen molar-refractivity contribution in [3.63, 3.8) is 0 Å². The van der Waals surface area contributed by atoms with Crippen LogP contribution in [0.25, 0.3) is 0 Å². The first-order valence-electron chi connectivity index (χ1n) is 5.70. The molecule has 0 bridgehead atoms. The van der Waals surface area contributed by atoms with Crippen molar-refractivity contribution >= 4 is 11.3 Å². The minimum atomic E-state index is 0.310. The molecule has 0 aliphatic heterocycles. The number of aromatic nitrogens is 3. The van der Waals surface area contributed by atoms with Gasteiger partial charge in [0.1, 0.15) is 0 Å². The van der Waals surface area contributed by atoms with Gasteiger partial charge in [0.25, 0.3) is 0 Å². The fourth-order valence-electron chi connectivity index (χ4n) is 1.89. The van der Waals surface area contributed by atoms with E-state index in [-0.39, 0.29) is 0 Å². The Labute approximate surface area is 106 Å². The van der Waals surface area contributed by atoms with Gasteiger partial charge in [-0.15, -0.1) is 11.3 Å². The van der Waals surface area contributed by atoms with Crippen LogP contribution in [0.3, 0.4) is 0 Å². The number of thiazole rings is 1. The third kappa shape index (κ3) is 2.73. The molecule has 1 atom stereocenters. The van der Waals surface area contributed by atoms with Gasteiger partial charge in [0, 0.05) is 36.3 Å². The summed E-state index contributed by atoms with van der Waals surface area (Å²) in [7, 11) is 1.95. The van der Waals surface area contributed by atoms with E-state index in [0.29, 0.717) is 6.04 Å². The third-order valence-electron chi connectivity index (χ3n) is 2.93. The number of aryl methyl sites for hydroxylation is 3. The van der Waals surface area contributed by atoms with E-state index in [2.05, 4.69) is 28.5 Å². The highest BCUT2D eigenvalue weighted by atomic mass is 32.1. The Kier molecular flexibility index (Phi) is 3.59. The molecule has 0 fully saturated rings. The summed E-state index contributed by atoms with van der Waals surface area (Å²) in [6, 6.07) is 0.310. The van der Waals surface area contributed by atoms with Crippen LogP contribution < -0.4 is 5.32 Å². The SMILES string of the molecule is Cc1nn(C)cc1C(C)NCc1scnc1C. The van der Waals surface area contributed by atoms with Crippen LogP contribution in [0.1, 0.15) is 34.8 Å². The Balaban J connectivity index is 2.00. The van der Waals surface area contributed by atoms with Crippen LogP contribution >= 0.6 is 11.3 Å². The van der Waals surface area contributed by atoms with Crippen LogP contribution in [0.4, 0.5) is 0 Å². The average Bonchev–Trinajstić information content (AvgIpc) is 2.81. The molecule has 2 aromatic heterocycles. The van der Waals surface area contributed by atoms with Gasteiger partial charge in [-0.25, -0.2) is 4.98 Å². The van der Waals surface area contributed by atoms with Crippen molar-refractivity contribution in [1.29, 1.82) is 0 Å². The Morgan fingerprint density at radius 3 is 2.71 bits per heavy atom. The Morgan fingerprint density at radius 2 is 2.18 bits per heavy atom. The van der Waals surface area contributed by atoms with E-state index in [1.165, 1.54) is 10.4 Å². The minimum absolute atomic E-state index is 0.310. The molecule has 1 N–H and O–H groups in total. The molecule has 5 heteroatoms. The molecule has 2 rings (SSSR count). The summed E-state index contributed by atoms with van der Waals surface area (Å²) in [4.78, 5) is 5.56. The molecule has 0 amide bonds. The van der Waals surface area contributed by atoms with Gasteiger partial charge in [-0.05, 0) is 20.8 Å². The molecule has 0 aliphatic rings. The van der Waals surface area contributed by atoms with Crippen molar-refractivity contribution in [1.82, 2.24) is 20.1 Å². The molecule has 0 saturated heterocycles. The molecule has 0 spiro atoms. The molecule has 92 valence electrons. The molecule has 2 heterocycles. The van der Waals surface area contributed by atoms with Gasteiger partial charge in [0.15, 0.2) is 0 Å². The fraction of sp³-hybridized carbons (Fsp3) is 0.500. The maximum atomic E-state index is 4.36.